The van der Waals surface area contributed by atoms with Crippen molar-refractivity contribution in [3.63, 3.8) is 0 Å². The van der Waals surface area contributed by atoms with E-state index >= 15 is 0 Å². The van der Waals surface area contributed by atoms with Gasteiger partial charge in [-0.25, -0.2) is 0 Å². The summed E-state index contributed by atoms with van der Waals surface area (Å²) in [6.45, 7) is 0.201. The molecule has 7 heteroatoms. The minimum Gasteiger partial charge on any atom is -0.497 e. The highest BCUT2D eigenvalue weighted by Gasteiger charge is 2.18. The van der Waals surface area contributed by atoms with Crippen molar-refractivity contribution in [3.05, 3.63) is 54.6 Å². The fourth-order valence-electron chi connectivity index (χ4n) is 3.03. The smallest absolute Gasteiger partial charge is 0.231 e. The second kappa shape index (κ2) is 8.10. The van der Waals surface area contributed by atoms with Gasteiger partial charge in [-0.3, -0.25) is 0 Å². The molecule has 3 aromatic rings. The van der Waals surface area contributed by atoms with Crippen LogP contribution in [0.4, 0.5) is 22.7 Å². The Balaban J connectivity index is 1.68. The Hall–Kier alpha value is -3.74. The molecule has 1 aliphatic heterocycles. The van der Waals surface area contributed by atoms with Crippen LogP contribution < -0.4 is 34.3 Å². The van der Waals surface area contributed by atoms with Crippen molar-refractivity contribution in [2.75, 3.05) is 38.8 Å². The molecule has 29 heavy (non-hydrogen) atoms. The van der Waals surface area contributed by atoms with Crippen LogP contribution in [0.3, 0.4) is 0 Å². The lowest BCUT2D eigenvalue weighted by Gasteiger charge is -2.17. The highest BCUT2D eigenvalue weighted by molar-refractivity contribution is 5.83. The van der Waals surface area contributed by atoms with Gasteiger partial charge in [0.05, 0.1) is 38.4 Å². The quantitative estimate of drug-likeness (QED) is 0.589. The SMILES string of the molecule is COc1ccc(Nc2cc3c(cc2Nc2ccc(OC)cc2OC)OCO3)cc1. The maximum Gasteiger partial charge on any atom is 0.231 e. The van der Waals surface area contributed by atoms with E-state index in [1.165, 1.54) is 0 Å². The zero-order valence-electron chi connectivity index (χ0n) is 16.4. The van der Waals surface area contributed by atoms with E-state index in [1.807, 2.05) is 54.6 Å². The molecule has 3 aromatic carbocycles. The molecule has 0 bridgehead atoms. The molecule has 0 saturated carbocycles. The minimum absolute atomic E-state index is 0.201. The van der Waals surface area contributed by atoms with E-state index in [9.17, 15) is 0 Å². The van der Waals surface area contributed by atoms with Gasteiger partial charge < -0.3 is 34.3 Å². The maximum absolute atomic E-state index is 5.55. The Morgan fingerprint density at radius 1 is 0.655 bits per heavy atom. The van der Waals surface area contributed by atoms with Crippen molar-refractivity contribution in [1.82, 2.24) is 0 Å². The molecule has 0 aliphatic carbocycles. The lowest BCUT2D eigenvalue weighted by Crippen LogP contribution is -2.00. The third-order valence-electron chi connectivity index (χ3n) is 4.56. The van der Waals surface area contributed by atoms with Gasteiger partial charge in [-0.05, 0) is 36.4 Å². The third kappa shape index (κ3) is 3.94. The largest absolute Gasteiger partial charge is 0.497 e. The molecule has 0 unspecified atom stereocenters. The fourth-order valence-corrected chi connectivity index (χ4v) is 3.03. The van der Waals surface area contributed by atoms with Crippen LogP contribution in [0.15, 0.2) is 54.6 Å². The molecule has 150 valence electrons. The molecule has 1 heterocycles. The number of methoxy groups -OCH3 is 3. The molecule has 0 radical (unpaired) electrons. The van der Waals surface area contributed by atoms with Gasteiger partial charge in [-0.1, -0.05) is 0 Å². The highest BCUT2D eigenvalue weighted by Crippen LogP contribution is 2.43. The van der Waals surface area contributed by atoms with Crippen molar-refractivity contribution in [3.8, 4) is 28.7 Å². The van der Waals surface area contributed by atoms with Crippen molar-refractivity contribution in [1.29, 1.82) is 0 Å². The lowest BCUT2D eigenvalue weighted by atomic mass is 10.2. The van der Waals surface area contributed by atoms with Gasteiger partial charge in [0, 0.05) is 23.9 Å². The first-order valence-corrected chi connectivity index (χ1v) is 9.04. The summed E-state index contributed by atoms with van der Waals surface area (Å²) in [4.78, 5) is 0. The van der Waals surface area contributed by atoms with Crippen LogP contribution in [-0.2, 0) is 0 Å². The summed E-state index contributed by atoms with van der Waals surface area (Å²) in [5.74, 6) is 3.54. The molecule has 0 atom stereocenters. The van der Waals surface area contributed by atoms with Crippen LogP contribution in [0.25, 0.3) is 0 Å². The molecule has 2 N–H and O–H groups in total. The lowest BCUT2D eigenvalue weighted by molar-refractivity contribution is 0.174. The topological polar surface area (TPSA) is 70.2 Å². The van der Waals surface area contributed by atoms with E-state index in [1.54, 1.807) is 21.3 Å². The molecule has 0 spiro atoms. The number of nitrogens with one attached hydrogen (secondary N) is 2. The summed E-state index contributed by atoms with van der Waals surface area (Å²) < 4.78 is 27.1. The van der Waals surface area contributed by atoms with E-state index in [0.717, 1.165) is 34.2 Å². The van der Waals surface area contributed by atoms with Gasteiger partial charge in [0.2, 0.25) is 6.79 Å². The van der Waals surface area contributed by atoms with Gasteiger partial charge in [-0.15, -0.1) is 0 Å². The third-order valence-corrected chi connectivity index (χ3v) is 4.56. The number of anilines is 4. The van der Waals surface area contributed by atoms with Crippen LogP contribution in [0.5, 0.6) is 28.7 Å². The number of fused-ring (bicyclic) bond motifs is 1. The fraction of sp³-hybridized carbons (Fsp3) is 0.182. The Kier molecular flexibility index (Phi) is 5.20. The number of ether oxygens (including phenoxy) is 5. The average molecular weight is 394 g/mol. The normalized spacial score (nSPS) is 11.7. The molecule has 4 rings (SSSR count). The molecule has 0 saturated heterocycles. The van der Waals surface area contributed by atoms with Crippen LogP contribution >= 0.6 is 0 Å². The Morgan fingerprint density at radius 3 is 1.90 bits per heavy atom. The first-order chi connectivity index (χ1) is 14.2. The molecule has 0 aromatic heterocycles. The van der Waals surface area contributed by atoms with E-state index in [2.05, 4.69) is 10.6 Å². The number of benzene rings is 3. The van der Waals surface area contributed by atoms with Gasteiger partial charge in [0.15, 0.2) is 11.5 Å². The second-order valence-corrected chi connectivity index (χ2v) is 6.30. The summed E-state index contributed by atoms with van der Waals surface area (Å²) in [7, 11) is 4.89. The van der Waals surface area contributed by atoms with Gasteiger partial charge in [-0.2, -0.15) is 0 Å². The van der Waals surface area contributed by atoms with Crippen molar-refractivity contribution >= 4 is 22.7 Å². The number of rotatable bonds is 7. The summed E-state index contributed by atoms with van der Waals surface area (Å²) in [5, 5.41) is 6.83. The van der Waals surface area contributed by atoms with Crippen LogP contribution in [-0.4, -0.2) is 28.1 Å². The average Bonchev–Trinajstić information content (AvgIpc) is 3.22. The monoisotopic (exact) mass is 394 g/mol. The second-order valence-electron chi connectivity index (χ2n) is 6.30. The molecule has 1 aliphatic rings. The molecular formula is C22H22N2O5. The summed E-state index contributed by atoms with van der Waals surface area (Å²) in [5.41, 5.74) is 3.35. The highest BCUT2D eigenvalue weighted by atomic mass is 16.7. The first-order valence-electron chi connectivity index (χ1n) is 9.04. The zero-order valence-corrected chi connectivity index (χ0v) is 16.4. The Bertz CT molecular complexity index is 1000. The summed E-state index contributed by atoms with van der Waals surface area (Å²) in [6, 6.07) is 17.1. The van der Waals surface area contributed by atoms with Crippen LogP contribution in [0, 0.1) is 0 Å². The molecular weight excluding hydrogens is 372 g/mol. The zero-order chi connectivity index (χ0) is 20.2. The number of hydrogen-bond acceptors (Lipinski definition) is 7. The minimum atomic E-state index is 0.201. The van der Waals surface area contributed by atoms with Crippen LogP contribution in [0.2, 0.25) is 0 Å². The van der Waals surface area contributed by atoms with Crippen molar-refractivity contribution < 1.29 is 23.7 Å². The predicted molar refractivity (Wildman–Crippen MR) is 112 cm³/mol. The summed E-state index contributed by atoms with van der Waals surface area (Å²) in [6.07, 6.45) is 0. The van der Waals surface area contributed by atoms with E-state index in [-0.39, 0.29) is 6.79 Å². The van der Waals surface area contributed by atoms with Crippen molar-refractivity contribution in [2.24, 2.45) is 0 Å². The van der Waals surface area contributed by atoms with Gasteiger partial charge in [0.1, 0.15) is 17.2 Å². The predicted octanol–water partition coefficient (Wildman–Crippen LogP) is 4.93. The van der Waals surface area contributed by atoms with Crippen LogP contribution in [0.1, 0.15) is 0 Å². The van der Waals surface area contributed by atoms with E-state index in [4.69, 9.17) is 23.7 Å². The van der Waals surface area contributed by atoms with E-state index in [0.29, 0.717) is 17.2 Å². The molecule has 7 nitrogen and oxygen atoms in total. The Labute approximate surface area is 169 Å². The maximum atomic E-state index is 5.55. The molecule has 0 fully saturated rings. The summed E-state index contributed by atoms with van der Waals surface area (Å²) >= 11 is 0. The Morgan fingerprint density at radius 2 is 1.28 bits per heavy atom. The number of hydrogen-bond donors (Lipinski definition) is 2. The first kappa shape index (κ1) is 18.6. The molecule has 0 amide bonds. The standard InChI is InChI=1S/C22H22N2O5/c1-25-15-6-4-14(5-7-15)23-18-11-21-22(29-13-28-21)12-19(18)24-17-9-8-16(26-2)10-20(17)27-3/h4-12,23-24H,13H2,1-3H3. The van der Waals surface area contributed by atoms with E-state index < -0.39 is 0 Å². The van der Waals surface area contributed by atoms with Crippen molar-refractivity contribution in [2.45, 2.75) is 0 Å². The van der Waals surface area contributed by atoms with Gasteiger partial charge in [0.25, 0.3) is 0 Å². The van der Waals surface area contributed by atoms with Gasteiger partial charge >= 0.3 is 0 Å².